The first-order valence-corrected chi connectivity index (χ1v) is 7.53. The van der Waals surface area contributed by atoms with E-state index in [9.17, 15) is 4.79 Å². The Kier molecular flexibility index (Phi) is 5.29. The van der Waals surface area contributed by atoms with Gasteiger partial charge in [0.25, 0.3) is 0 Å². The Morgan fingerprint density at radius 2 is 1.85 bits per heavy atom. The molecule has 0 radical (unpaired) electrons. The average molecular weight is 328 g/mol. The lowest BCUT2D eigenvalue weighted by atomic mass is 10.2. The molecule has 0 aliphatic rings. The van der Waals surface area contributed by atoms with Crippen molar-refractivity contribution < 1.29 is 9.90 Å². The van der Waals surface area contributed by atoms with E-state index < -0.39 is 5.97 Å². The number of hydrogen-bond acceptors (Lipinski definition) is 3. The van der Waals surface area contributed by atoms with Gasteiger partial charge in [0.2, 0.25) is 0 Å². The summed E-state index contributed by atoms with van der Waals surface area (Å²) in [6.45, 7) is 0. The van der Waals surface area contributed by atoms with Crippen LogP contribution in [-0.2, 0) is 17.0 Å². The van der Waals surface area contributed by atoms with Crippen molar-refractivity contribution in [1.29, 1.82) is 0 Å². The third-order valence-electron chi connectivity index (χ3n) is 2.54. The lowest BCUT2D eigenvalue weighted by molar-refractivity contribution is -0.136. The van der Waals surface area contributed by atoms with E-state index in [0.717, 1.165) is 16.2 Å². The summed E-state index contributed by atoms with van der Waals surface area (Å²) in [5.41, 5.74) is 1.51. The van der Waals surface area contributed by atoms with E-state index in [0.29, 0.717) is 15.9 Å². The van der Waals surface area contributed by atoms with Gasteiger partial charge in [0, 0.05) is 10.6 Å². The molecule has 0 unspecified atom stereocenters. The van der Waals surface area contributed by atoms with Gasteiger partial charge in [0.15, 0.2) is 0 Å². The van der Waals surface area contributed by atoms with Crippen molar-refractivity contribution in [3.05, 3.63) is 57.8 Å². The number of thioether (sulfide) groups is 1. The van der Waals surface area contributed by atoms with Crippen LogP contribution in [0.15, 0.2) is 41.3 Å². The van der Waals surface area contributed by atoms with Gasteiger partial charge in [-0.3, -0.25) is 4.79 Å². The number of aliphatic carboxylic acids is 1. The summed E-state index contributed by atoms with van der Waals surface area (Å²) in [5.74, 6) is -0.224. The molecule has 6 heteroatoms. The molecule has 2 rings (SSSR count). The zero-order chi connectivity index (χ0) is 14.5. The predicted octanol–water partition coefficient (Wildman–Crippen LogP) is 4.31. The van der Waals surface area contributed by atoms with Crippen molar-refractivity contribution in [1.82, 2.24) is 4.98 Å². The summed E-state index contributed by atoms with van der Waals surface area (Å²) in [4.78, 5) is 15.8. The maximum Gasteiger partial charge on any atom is 0.307 e. The molecule has 0 spiro atoms. The summed E-state index contributed by atoms with van der Waals surface area (Å²) in [7, 11) is 0. The zero-order valence-electron chi connectivity index (χ0n) is 10.3. The van der Waals surface area contributed by atoms with Crippen LogP contribution in [0, 0.1) is 0 Å². The third kappa shape index (κ3) is 4.40. The van der Waals surface area contributed by atoms with Gasteiger partial charge in [0.05, 0.1) is 17.1 Å². The molecule has 0 fully saturated rings. The fourth-order valence-electron chi connectivity index (χ4n) is 1.59. The maximum atomic E-state index is 10.6. The minimum absolute atomic E-state index is 0.0343. The maximum absolute atomic E-state index is 10.6. The first-order chi connectivity index (χ1) is 9.54. The van der Waals surface area contributed by atoms with Crippen molar-refractivity contribution in [3.63, 3.8) is 0 Å². The molecule has 0 atom stereocenters. The van der Waals surface area contributed by atoms with Gasteiger partial charge in [-0.15, -0.1) is 11.8 Å². The number of rotatable bonds is 5. The van der Waals surface area contributed by atoms with E-state index >= 15 is 0 Å². The molecule has 1 heterocycles. The lowest BCUT2D eigenvalue weighted by Gasteiger charge is -2.05. The third-order valence-corrected chi connectivity index (χ3v) is 4.12. The Bertz CT molecular complexity index is 617. The molecule has 2 aromatic rings. The molecule has 1 aromatic carbocycles. The summed E-state index contributed by atoms with van der Waals surface area (Å²) in [6.07, 6.45) is 0.0343. The molecular formula is C14H11Cl2NO2S. The molecule has 20 heavy (non-hydrogen) atoms. The van der Waals surface area contributed by atoms with Crippen LogP contribution in [0.1, 0.15) is 11.3 Å². The molecule has 0 aliphatic heterocycles. The second kappa shape index (κ2) is 6.97. The quantitative estimate of drug-likeness (QED) is 0.656. The van der Waals surface area contributed by atoms with E-state index in [4.69, 9.17) is 28.3 Å². The Morgan fingerprint density at radius 1 is 1.15 bits per heavy atom. The predicted molar refractivity (Wildman–Crippen MR) is 81.6 cm³/mol. The van der Waals surface area contributed by atoms with Crippen LogP contribution in [0.4, 0.5) is 0 Å². The second-order valence-corrected chi connectivity index (χ2v) is 5.91. The molecule has 1 aromatic heterocycles. The number of benzene rings is 1. The fourth-order valence-corrected chi connectivity index (χ4v) is 2.86. The number of carboxylic acid groups (broad SMARTS) is 1. The summed E-state index contributed by atoms with van der Waals surface area (Å²) in [6, 6.07) is 10.8. The first kappa shape index (κ1) is 15.2. The fraction of sp³-hybridized carbons (Fsp3) is 0.143. The van der Waals surface area contributed by atoms with E-state index in [1.807, 2.05) is 24.3 Å². The van der Waals surface area contributed by atoms with E-state index in [2.05, 4.69) is 4.98 Å². The second-order valence-electron chi connectivity index (χ2n) is 4.07. The number of pyridine rings is 1. The molecule has 0 amide bonds. The highest BCUT2D eigenvalue weighted by Gasteiger charge is 2.05. The van der Waals surface area contributed by atoms with E-state index in [1.54, 1.807) is 23.9 Å². The van der Waals surface area contributed by atoms with Crippen LogP contribution in [0.3, 0.4) is 0 Å². The number of carbonyl (C=O) groups is 1. The number of carboxylic acids is 1. The van der Waals surface area contributed by atoms with Gasteiger partial charge in [-0.25, -0.2) is 4.98 Å². The zero-order valence-corrected chi connectivity index (χ0v) is 12.7. The molecule has 3 nitrogen and oxygen atoms in total. The minimum Gasteiger partial charge on any atom is -0.481 e. The van der Waals surface area contributed by atoms with Gasteiger partial charge in [0.1, 0.15) is 5.15 Å². The highest BCUT2D eigenvalue weighted by atomic mass is 35.5. The van der Waals surface area contributed by atoms with Crippen molar-refractivity contribution >= 4 is 40.9 Å². The Hall–Kier alpha value is -1.23. The topological polar surface area (TPSA) is 50.2 Å². The standard InChI is InChI=1S/C14H11Cl2NO2S/c15-11-5-6-13(16)17-12(11)8-20-10-3-1-9(2-4-10)7-14(18)19/h1-6H,7-8H2,(H,18,19). The number of hydrogen-bond donors (Lipinski definition) is 1. The van der Waals surface area contributed by atoms with Gasteiger partial charge in [-0.1, -0.05) is 35.3 Å². The van der Waals surface area contributed by atoms with Gasteiger partial charge in [-0.2, -0.15) is 0 Å². The smallest absolute Gasteiger partial charge is 0.307 e. The van der Waals surface area contributed by atoms with Gasteiger partial charge in [-0.05, 0) is 29.8 Å². The van der Waals surface area contributed by atoms with E-state index in [-0.39, 0.29) is 6.42 Å². The van der Waals surface area contributed by atoms with Crippen LogP contribution in [0.5, 0.6) is 0 Å². The van der Waals surface area contributed by atoms with Crippen LogP contribution in [0.2, 0.25) is 10.2 Å². The van der Waals surface area contributed by atoms with Gasteiger partial charge >= 0.3 is 5.97 Å². The number of halogens is 2. The van der Waals surface area contributed by atoms with Gasteiger partial charge < -0.3 is 5.11 Å². The Morgan fingerprint density at radius 3 is 2.50 bits per heavy atom. The highest BCUT2D eigenvalue weighted by Crippen LogP contribution is 2.26. The number of nitrogens with zero attached hydrogens (tertiary/aromatic N) is 1. The lowest BCUT2D eigenvalue weighted by Crippen LogP contribution is -1.99. The molecule has 0 saturated carbocycles. The van der Waals surface area contributed by atoms with Crippen LogP contribution < -0.4 is 0 Å². The van der Waals surface area contributed by atoms with Crippen molar-refractivity contribution in [2.24, 2.45) is 0 Å². The molecular weight excluding hydrogens is 317 g/mol. The largest absolute Gasteiger partial charge is 0.481 e. The van der Waals surface area contributed by atoms with Crippen molar-refractivity contribution in [2.45, 2.75) is 17.1 Å². The van der Waals surface area contributed by atoms with E-state index in [1.165, 1.54) is 0 Å². The normalized spacial score (nSPS) is 10.5. The highest BCUT2D eigenvalue weighted by molar-refractivity contribution is 7.98. The number of aromatic nitrogens is 1. The van der Waals surface area contributed by atoms with Crippen LogP contribution in [-0.4, -0.2) is 16.1 Å². The summed E-state index contributed by atoms with van der Waals surface area (Å²) >= 11 is 13.4. The SMILES string of the molecule is O=C(O)Cc1ccc(SCc2nc(Cl)ccc2Cl)cc1. The molecule has 0 saturated heterocycles. The molecule has 0 bridgehead atoms. The van der Waals surface area contributed by atoms with Crippen molar-refractivity contribution in [2.75, 3.05) is 0 Å². The molecule has 0 aliphatic carbocycles. The Labute approximate surface area is 130 Å². The monoisotopic (exact) mass is 327 g/mol. The Balaban J connectivity index is 2.00. The van der Waals surface area contributed by atoms with Crippen LogP contribution in [0.25, 0.3) is 0 Å². The van der Waals surface area contributed by atoms with Crippen molar-refractivity contribution in [3.8, 4) is 0 Å². The minimum atomic E-state index is -0.833. The summed E-state index contributed by atoms with van der Waals surface area (Å²) in [5, 5.41) is 9.71. The first-order valence-electron chi connectivity index (χ1n) is 5.79. The summed E-state index contributed by atoms with van der Waals surface area (Å²) < 4.78 is 0. The van der Waals surface area contributed by atoms with Crippen LogP contribution >= 0.6 is 35.0 Å². The average Bonchev–Trinajstić information content (AvgIpc) is 2.41. The molecule has 1 N–H and O–H groups in total. The molecule has 104 valence electrons.